The van der Waals surface area contributed by atoms with Gasteiger partial charge in [-0.15, -0.1) is 0 Å². The van der Waals surface area contributed by atoms with Gasteiger partial charge in [0.05, 0.1) is 13.7 Å². The van der Waals surface area contributed by atoms with Crippen LogP contribution in [0.5, 0.6) is 5.88 Å². The van der Waals surface area contributed by atoms with Gasteiger partial charge >= 0.3 is 5.97 Å². The van der Waals surface area contributed by atoms with Crippen LogP contribution in [0.3, 0.4) is 0 Å². The average Bonchev–Trinajstić information content (AvgIpc) is 2.45. The van der Waals surface area contributed by atoms with Crippen molar-refractivity contribution >= 4 is 5.97 Å². The number of esters is 1. The highest BCUT2D eigenvalue weighted by atomic mass is 16.5. The number of hydrogen-bond acceptors (Lipinski definition) is 5. The predicted molar refractivity (Wildman–Crippen MR) is 65.4 cm³/mol. The normalized spacial score (nSPS) is 16.3. The van der Waals surface area contributed by atoms with Crippen LogP contribution in [-0.2, 0) is 4.74 Å². The molecule has 0 atom stereocenters. The Morgan fingerprint density at radius 3 is 2.89 bits per heavy atom. The zero-order valence-corrected chi connectivity index (χ0v) is 10.6. The Bertz CT molecular complexity index is 403. The Labute approximate surface area is 107 Å². The van der Waals surface area contributed by atoms with Gasteiger partial charge in [-0.05, 0) is 18.8 Å². The van der Waals surface area contributed by atoms with Crippen molar-refractivity contribution < 1.29 is 14.3 Å². The van der Waals surface area contributed by atoms with Gasteiger partial charge in [0.15, 0.2) is 0 Å². The van der Waals surface area contributed by atoms with Crippen LogP contribution in [0.2, 0.25) is 0 Å². The maximum atomic E-state index is 11.3. The average molecular weight is 250 g/mol. The first-order valence-electron chi connectivity index (χ1n) is 6.34. The van der Waals surface area contributed by atoms with Gasteiger partial charge in [-0.25, -0.2) is 9.78 Å². The van der Waals surface area contributed by atoms with Crippen LogP contribution in [0, 0.1) is 5.92 Å². The summed E-state index contributed by atoms with van der Waals surface area (Å²) in [5.41, 5.74) is 0. The summed E-state index contributed by atoms with van der Waals surface area (Å²) in [5.74, 6) is 0.544. The van der Waals surface area contributed by atoms with E-state index in [0.29, 0.717) is 18.4 Å². The molecule has 2 rings (SSSR count). The van der Waals surface area contributed by atoms with E-state index in [9.17, 15) is 4.79 Å². The molecule has 1 aliphatic rings. The Balaban J connectivity index is 1.90. The van der Waals surface area contributed by atoms with E-state index in [0.717, 1.165) is 0 Å². The van der Waals surface area contributed by atoms with E-state index in [1.807, 2.05) is 0 Å². The van der Waals surface area contributed by atoms with E-state index in [-0.39, 0.29) is 5.82 Å². The Hall–Kier alpha value is -1.65. The molecule has 1 aromatic heterocycles. The van der Waals surface area contributed by atoms with Crippen molar-refractivity contribution in [1.82, 2.24) is 9.97 Å². The van der Waals surface area contributed by atoms with Crippen LogP contribution in [0.15, 0.2) is 12.3 Å². The van der Waals surface area contributed by atoms with Crippen LogP contribution in [-0.4, -0.2) is 29.7 Å². The molecule has 1 aromatic rings. The topological polar surface area (TPSA) is 61.3 Å². The van der Waals surface area contributed by atoms with Gasteiger partial charge < -0.3 is 9.47 Å². The molecule has 0 N–H and O–H groups in total. The third-order valence-electron chi connectivity index (χ3n) is 3.19. The summed E-state index contributed by atoms with van der Waals surface area (Å²) in [6, 6.07) is 1.66. The number of rotatable bonds is 4. The van der Waals surface area contributed by atoms with Crippen molar-refractivity contribution in [3.05, 3.63) is 18.1 Å². The van der Waals surface area contributed by atoms with Crippen molar-refractivity contribution in [2.45, 2.75) is 32.1 Å². The Morgan fingerprint density at radius 2 is 2.17 bits per heavy atom. The van der Waals surface area contributed by atoms with Crippen molar-refractivity contribution in [3.63, 3.8) is 0 Å². The quantitative estimate of drug-likeness (QED) is 0.767. The lowest BCUT2D eigenvalue weighted by Crippen LogP contribution is -2.16. The van der Waals surface area contributed by atoms with E-state index in [1.165, 1.54) is 45.4 Å². The maximum absolute atomic E-state index is 11.3. The zero-order valence-electron chi connectivity index (χ0n) is 10.6. The standard InChI is InChI=1S/C13H18N2O3/c1-17-13(16)12-14-8-7-11(15-12)18-9-10-5-3-2-4-6-10/h7-8,10H,2-6,9H2,1H3. The maximum Gasteiger partial charge on any atom is 0.376 e. The highest BCUT2D eigenvalue weighted by molar-refractivity contribution is 5.84. The van der Waals surface area contributed by atoms with Gasteiger partial charge in [-0.1, -0.05) is 19.3 Å². The summed E-state index contributed by atoms with van der Waals surface area (Å²) in [6.45, 7) is 0.664. The third kappa shape index (κ3) is 3.42. The Morgan fingerprint density at radius 1 is 1.39 bits per heavy atom. The van der Waals surface area contributed by atoms with Gasteiger partial charge in [-0.3, -0.25) is 0 Å². The third-order valence-corrected chi connectivity index (χ3v) is 3.19. The first kappa shape index (κ1) is 12.8. The van der Waals surface area contributed by atoms with E-state index in [4.69, 9.17) is 4.74 Å². The van der Waals surface area contributed by atoms with Crippen LogP contribution >= 0.6 is 0 Å². The van der Waals surface area contributed by atoms with Gasteiger partial charge in [-0.2, -0.15) is 4.98 Å². The van der Waals surface area contributed by atoms with Gasteiger partial charge in [0.1, 0.15) is 0 Å². The molecular weight excluding hydrogens is 232 g/mol. The molecule has 5 nitrogen and oxygen atoms in total. The van der Waals surface area contributed by atoms with Crippen LogP contribution in [0.1, 0.15) is 42.7 Å². The molecule has 0 aliphatic heterocycles. The van der Waals surface area contributed by atoms with E-state index < -0.39 is 5.97 Å². The molecule has 0 radical (unpaired) electrons. The number of ether oxygens (including phenoxy) is 2. The first-order chi connectivity index (χ1) is 8.79. The van der Waals surface area contributed by atoms with Crippen LogP contribution in [0.4, 0.5) is 0 Å². The van der Waals surface area contributed by atoms with Gasteiger partial charge in [0.25, 0.3) is 0 Å². The molecule has 1 aliphatic carbocycles. The van der Waals surface area contributed by atoms with Crippen LogP contribution in [0.25, 0.3) is 0 Å². The molecule has 0 saturated heterocycles. The zero-order chi connectivity index (χ0) is 12.8. The predicted octanol–water partition coefficient (Wildman–Crippen LogP) is 2.22. The largest absolute Gasteiger partial charge is 0.477 e. The summed E-state index contributed by atoms with van der Waals surface area (Å²) in [4.78, 5) is 19.1. The molecule has 18 heavy (non-hydrogen) atoms. The summed E-state index contributed by atoms with van der Waals surface area (Å²) in [6.07, 6.45) is 7.84. The number of carbonyl (C=O) groups excluding carboxylic acids is 1. The number of nitrogens with zero attached hydrogens (tertiary/aromatic N) is 2. The summed E-state index contributed by atoms with van der Waals surface area (Å²) >= 11 is 0. The van der Waals surface area contributed by atoms with Crippen molar-refractivity contribution in [3.8, 4) is 5.88 Å². The van der Waals surface area contributed by atoms with E-state index in [1.54, 1.807) is 6.07 Å². The molecule has 0 amide bonds. The SMILES string of the molecule is COC(=O)c1nccc(OCC2CCCCC2)n1. The summed E-state index contributed by atoms with van der Waals surface area (Å²) in [5, 5.41) is 0. The number of methoxy groups -OCH3 is 1. The molecule has 1 heterocycles. The molecular formula is C13H18N2O3. The Kier molecular flexibility index (Phi) is 4.50. The second-order valence-electron chi connectivity index (χ2n) is 4.53. The number of hydrogen-bond donors (Lipinski definition) is 0. The van der Waals surface area contributed by atoms with Crippen molar-refractivity contribution in [2.24, 2.45) is 5.92 Å². The van der Waals surface area contributed by atoms with E-state index >= 15 is 0 Å². The minimum absolute atomic E-state index is 0.0404. The smallest absolute Gasteiger partial charge is 0.376 e. The van der Waals surface area contributed by atoms with Gasteiger partial charge in [0, 0.05) is 12.3 Å². The fourth-order valence-electron chi connectivity index (χ4n) is 2.17. The van der Waals surface area contributed by atoms with E-state index in [2.05, 4.69) is 14.7 Å². The highest BCUT2D eigenvalue weighted by Gasteiger charge is 2.15. The molecule has 0 spiro atoms. The summed E-state index contributed by atoms with van der Waals surface area (Å²) in [7, 11) is 1.31. The minimum Gasteiger partial charge on any atom is -0.477 e. The summed E-state index contributed by atoms with van der Waals surface area (Å²) < 4.78 is 10.2. The molecule has 0 aromatic carbocycles. The van der Waals surface area contributed by atoms with Crippen molar-refractivity contribution in [1.29, 1.82) is 0 Å². The monoisotopic (exact) mass is 250 g/mol. The second-order valence-corrected chi connectivity index (χ2v) is 4.53. The lowest BCUT2D eigenvalue weighted by Gasteiger charge is -2.21. The molecule has 0 bridgehead atoms. The minimum atomic E-state index is -0.543. The first-order valence-corrected chi connectivity index (χ1v) is 6.34. The number of aromatic nitrogens is 2. The molecule has 1 saturated carbocycles. The highest BCUT2D eigenvalue weighted by Crippen LogP contribution is 2.24. The number of carbonyl (C=O) groups is 1. The van der Waals surface area contributed by atoms with Gasteiger partial charge in [0.2, 0.25) is 11.7 Å². The molecule has 5 heteroatoms. The molecule has 1 fully saturated rings. The fourth-order valence-corrected chi connectivity index (χ4v) is 2.17. The van der Waals surface area contributed by atoms with Crippen LogP contribution < -0.4 is 4.74 Å². The lowest BCUT2D eigenvalue weighted by atomic mass is 9.90. The van der Waals surface area contributed by atoms with Crippen molar-refractivity contribution in [2.75, 3.05) is 13.7 Å². The second kappa shape index (κ2) is 6.33. The fraction of sp³-hybridized carbons (Fsp3) is 0.615. The molecule has 98 valence electrons. The lowest BCUT2D eigenvalue weighted by molar-refractivity contribution is 0.0584. The molecule has 0 unspecified atom stereocenters.